The fourth-order valence-corrected chi connectivity index (χ4v) is 1.81. The SMILES string of the molecule is CCCCC(CC)COCC(O)CNC(C)CC. The molecule has 3 heteroatoms. The molecule has 110 valence electrons. The molecule has 0 heterocycles. The first-order valence-corrected chi connectivity index (χ1v) is 7.63. The summed E-state index contributed by atoms with van der Waals surface area (Å²) in [6.45, 7) is 10.6. The number of hydrogen-bond donors (Lipinski definition) is 2. The summed E-state index contributed by atoms with van der Waals surface area (Å²) in [6, 6.07) is 0.465. The van der Waals surface area contributed by atoms with Gasteiger partial charge in [-0.05, 0) is 25.7 Å². The Kier molecular flexibility index (Phi) is 11.9. The lowest BCUT2D eigenvalue weighted by Gasteiger charge is -2.18. The van der Waals surface area contributed by atoms with Gasteiger partial charge in [-0.2, -0.15) is 0 Å². The third kappa shape index (κ3) is 9.86. The summed E-state index contributed by atoms with van der Waals surface area (Å²) in [5, 5.41) is 13.1. The van der Waals surface area contributed by atoms with Crippen molar-refractivity contribution in [3.05, 3.63) is 0 Å². The predicted molar refractivity (Wildman–Crippen MR) is 77.9 cm³/mol. The second-order valence-corrected chi connectivity index (χ2v) is 5.33. The van der Waals surface area contributed by atoms with Gasteiger partial charge < -0.3 is 15.2 Å². The van der Waals surface area contributed by atoms with Crippen LogP contribution >= 0.6 is 0 Å². The molecule has 0 radical (unpaired) electrons. The van der Waals surface area contributed by atoms with E-state index in [9.17, 15) is 5.11 Å². The summed E-state index contributed by atoms with van der Waals surface area (Å²) >= 11 is 0. The lowest BCUT2D eigenvalue weighted by Crippen LogP contribution is -2.35. The third-order valence-electron chi connectivity index (χ3n) is 3.52. The fraction of sp³-hybridized carbons (Fsp3) is 1.00. The number of unbranched alkanes of at least 4 members (excludes halogenated alkanes) is 1. The molecule has 3 nitrogen and oxygen atoms in total. The summed E-state index contributed by atoms with van der Waals surface area (Å²) in [4.78, 5) is 0. The van der Waals surface area contributed by atoms with Crippen LogP contribution in [0.5, 0.6) is 0 Å². The highest BCUT2D eigenvalue weighted by atomic mass is 16.5. The monoisotopic (exact) mass is 259 g/mol. The zero-order chi connectivity index (χ0) is 13.8. The third-order valence-corrected chi connectivity index (χ3v) is 3.52. The van der Waals surface area contributed by atoms with E-state index in [4.69, 9.17) is 4.74 Å². The zero-order valence-corrected chi connectivity index (χ0v) is 12.7. The van der Waals surface area contributed by atoms with Crippen LogP contribution in [0.1, 0.15) is 59.8 Å². The molecule has 0 bridgehead atoms. The Balaban J connectivity index is 3.55. The highest BCUT2D eigenvalue weighted by Gasteiger charge is 2.09. The summed E-state index contributed by atoms with van der Waals surface area (Å²) in [6.07, 6.45) is 5.64. The average molecular weight is 259 g/mol. The highest BCUT2D eigenvalue weighted by Crippen LogP contribution is 2.12. The molecule has 0 aromatic rings. The van der Waals surface area contributed by atoms with E-state index in [1.165, 1.54) is 25.7 Å². The van der Waals surface area contributed by atoms with E-state index in [1.807, 2.05) is 0 Å². The van der Waals surface area contributed by atoms with E-state index in [-0.39, 0.29) is 6.10 Å². The van der Waals surface area contributed by atoms with E-state index in [1.54, 1.807) is 0 Å². The standard InChI is InChI=1S/C15H33NO2/c1-5-8-9-14(7-3)11-18-12-15(17)10-16-13(4)6-2/h13-17H,5-12H2,1-4H3. The molecule has 0 fully saturated rings. The molecule has 0 rings (SSSR count). The van der Waals surface area contributed by atoms with Gasteiger partial charge in [0.2, 0.25) is 0 Å². The van der Waals surface area contributed by atoms with Crippen LogP contribution in [-0.4, -0.2) is 37.0 Å². The lowest BCUT2D eigenvalue weighted by molar-refractivity contribution is 0.0184. The summed E-state index contributed by atoms with van der Waals surface area (Å²) in [7, 11) is 0. The van der Waals surface area contributed by atoms with Gasteiger partial charge in [0.25, 0.3) is 0 Å². The molecule has 0 aliphatic rings. The number of rotatable bonds is 12. The first-order valence-electron chi connectivity index (χ1n) is 7.63. The number of nitrogens with one attached hydrogen (secondary N) is 1. The Morgan fingerprint density at radius 1 is 1.11 bits per heavy atom. The second-order valence-electron chi connectivity index (χ2n) is 5.33. The quantitative estimate of drug-likeness (QED) is 0.566. The first-order chi connectivity index (χ1) is 8.63. The Morgan fingerprint density at radius 3 is 2.39 bits per heavy atom. The van der Waals surface area contributed by atoms with E-state index < -0.39 is 0 Å². The van der Waals surface area contributed by atoms with Crippen LogP contribution in [0.4, 0.5) is 0 Å². The van der Waals surface area contributed by atoms with Gasteiger partial charge in [0.05, 0.1) is 12.7 Å². The van der Waals surface area contributed by atoms with Crippen LogP contribution in [0.2, 0.25) is 0 Å². The van der Waals surface area contributed by atoms with Crippen molar-refractivity contribution in [1.29, 1.82) is 0 Å². The maximum Gasteiger partial charge on any atom is 0.0897 e. The molecule has 0 aromatic heterocycles. The van der Waals surface area contributed by atoms with Gasteiger partial charge in [0.1, 0.15) is 0 Å². The molecule has 2 N–H and O–H groups in total. The largest absolute Gasteiger partial charge is 0.389 e. The highest BCUT2D eigenvalue weighted by molar-refractivity contribution is 4.64. The molecule has 0 aliphatic heterocycles. The van der Waals surface area contributed by atoms with Gasteiger partial charge in [-0.25, -0.2) is 0 Å². The Bertz CT molecular complexity index is 176. The first kappa shape index (κ1) is 17.9. The van der Waals surface area contributed by atoms with Crippen LogP contribution in [0.15, 0.2) is 0 Å². The van der Waals surface area contributed by atoms with Crippen molar-refractivity contribution in [2.75, 3.05) is 19.8 Å². The van der Waals surface area contributed by atoms with Gasteiger partial charge in [-0.1, -0.05) is 40.0 Å². The Labute approximate surface area is 113 Å². The van der Waals surface area contributed by atoms with E-state index in [2.05, 4.69) is 33.0 Å². The summed E-state index contributed by atoms with van der Waals surface area (Å²) in [5.74, 6) is 0.652. The van der Waals surface area contributed by atoms with Crippen LogP contribution in [0, 0.1) is 5.92 Å². The van der Waals surface area contributed by atoms with Gasteiger partial charge in [0, 0.05) is 19.2 Å². The number of aliphatic hydroxyl groups is 1. The molecule has 3 unspecified atom stereocenters. The van der Waals surface area contributed by atoms with Crippen LogP contribution < -0.4 is 5.32 Å². The zero-order valence-electron chi connectivity index (χ0n) is 12.7. The molecule has 18 heavy (non-hydrogen) atoms. The van der Waals surface area contributed by atoms with Crippen molar-refractivity contribution in [2.45, 2.75) is 71.9 Å². The lowest BCUT2D eigenvalue weighted by atomic mass is 10.0. The van der Waals surface area contributed by atoms with E-state index in [0.29, 0.717) is 25.1 Å². The summed E-state index contributed by atoms with van der Waals surface area (Å²) in [5.41, 5.74) is 0. The molecular weight excluding hydrogens is 226 g/mol. The van der Waals surface area contributed by atoms with Gasteiger partial charge in [-0.3, -0.25) is 0 Å². The maximum absolute atomic E-state index is 9.77. The molecule has 0 aromatic carbocycles. The molecule has 0 amide bonds. The number of aliphatic hydroxyl groups excluding tert-OH is 1. The topological polar surface area (TPSA) is 41.5 Å². The van der Waals surface area contributed by atoms with E-state index >= 15 is 0 Å². The second kappa shape index (κ2) is 11.9. The minimum absolute atomic E-state index is 0.386. The van der Waals surface area contributed by atoms with Crippen molar-refractivity contribution in [1.82, 2.24) is 5.32 Å². The van der Waals surface area contributed by atoms with E-state index in [0.717, 1.165) is 13.0 Å². The van der Waals surface area contributed by atoms with Crippen LogP contribution in [-0.2, 0) is 4.74 Å². The molecule has 0 aliphatic carbocycles. The van der Waals surface area contributed by atoms with Crippen LogP contribution in [0.25, 0.3) is 0 Å². The van der Waals surface area contributed by atoms with Gasteiger partial charge in [-0.15, -0.1) is 0 Å². The average Bonchev–Trinajstić information content (AvgIpc) is 2.39. The normalized spacial score (nSPS) is 16.5. The smallest absolute Gasteiger partial charge is 0.0897 e. The molecule has 0 spiro atoms. The fourth-order valence-electron chi connectivity index (χ4n) is 1.81. The Hall–Kier alpha value is -0.120. The van der Waals surface area contributed by atoms with Gasteiger partial charge in [0.15, 0.2) is 0 Å². The van der Waals surface area contributed by atoms with Crippen molar-refractivity contribution in [2.24, 2.45) is 5.92 Å². The molecule has 3 atom stereocenters. The molecular formula is C15H33NO2. The number of hydrogen-bond acceptors (Lipinski definition) is 3. The van der Waals surface area contributed by atoms with Gasteiger partial charge >= 0.3 is 0 Å². The minimum Gasteiger partial charge on any atom is -0.389 e. The van der Waals surface area contributed by atoms with Crippen molar-refractivity contribution < 1.29 is 9.84 Å². The van der Waals surface area contributed by atoms with Crippen molar-refractivity contribution in [3.63, 3.8) is 0 Å². The molecule has 0 saturated carbocycles. The number of ether oxygens (including phenoxy) is 1. The molecule has 0 saturated heterocycles. The predicted octanol–water partition coefficient (Wildman–Crippen LogP) is 2.97. The van der Waals surface area contributed by atoms with Crippen LogP contribution in [0.3, 0.4) is 0 Å². The Morgan fingerprint density at radius 2 is 1.83 bits per heavy atom. The van der Waals surface area contributed by atoms with Crippen molar-refractivity contribution >= 4 is 0 Å². The maximum atomic E-state index is 9.77. The summed E-state index contributed by atoms with van der Waals surface area (Å²) < 4.78 is 5.62. The minimum atomic E-state index is -0.386. The van der Waals surface area contributed by atoms with Crippen molar-refractivity contribution in [3.8, 4) is 0 Å².